The van der Waals surface area contributed by atoms with Gasteiger partial charge < -0.3 is 24.1 Å². The molecule has 0 aliphatic heterocycles. The summed E-state index contributed by atoms with van der Waals surface area (Å²) in [5.41, 5.74) is 1.06. The number of allylic oxidation sites excluding steroid dienone is 2. The molecule has 1 fully saturated rings. The van der Waals surface area contributed by atoms with Crippen LogP contribution in [0.1, 0.15) is 45.1 Å². The first kappa shape index (κ1) is 23.3. The Bertz CT molecular complexity index is 687. The number of hydrogen-bond donors (Lipinski definition) is 1. The second-order valence-electron chi connectivity index (χ2n) is 9.21. The van der Waals surface area contributed by atoms with Gasteiger partial charge in [0.05, 0.1) is 32.5 Å². The average molecular weight is 419 g/mol. The summed E-state index contributed by atoms with van der Waals surface area (Å²) in [7, 11) is 3.33. The maximum atomic E-state index is 11.5. The van der Waals surface area contributed by atoms with Gasteiger partial charge in [0.25, 0.3) is 0 Å². The molecule has 0 saturated heterocycles. The molecule has 2 aliphatic carbocycles. The van der Waals surface area contributed by atoms with Crippen molar-refractivity contribution in [1.82, 2.24) is 0 Å². The minimum atomic E-state index is -0.442. The van der Waals surface area contributed by atoms with Crippen molar-refractivity contribution in [2.75, 3.05) is 34.2 Å². The number of ether oxygens (including phenoxy) is 4. The number of hydrogen-bond acceptors (Lipinski definition) is 5. The summed E-state index contributed by atoms with van der Waals surface area (Å²) >= 11 is 0. The molecule has 2 aliphatic rings. The Balaban J connectivity index is 1.74. The van der Waals surface area contributed by atoms with Crippen LogP contribution in [0, 0.1) is 23.2 Å². The molecule has 2 bridgehead atoms. The minimum absolute atomic E-state index is 0.0362. The lowest BCUT2D eigenvalue weighted by molar-refractivity contribution is -0.145. The normalized spacial score (nSPS) is 29.0. The van der Waals surface area contributed by atoms with E-state index in [1.54, 1.807) is 14.2 Å². The van der Waals surface area contributed by atoms with Gasteiger partial charge in [-0.2, -0.15) is 0 Å². The molecule has 5 heteroatoms. The van der Waals surface area contributed by atoms with Crippen molar-refractivity contribution in [1.29, 1.82) is 0 Å². The highest BCUT2D eigenvalue weighted by atomic mass is 16.7. The van der Waals surface area contributed by atoms with Crippen molar-refractivity contribution in [2.24, 2.45) is 23.2 Å². The standard InChI is InChI=1S/C25H38O5/c1-17(20-7-10-22(28-5)11-8-20)23(30-16-29-13-12-27-4)18(2)24(26)25(3)15-19-6-9-21(25)14-19/h6-11,17-19,21,23-24,26H,12-16H2,1-5H3/t17-,18-,19+,21-,23+,24+,25-/m0/s1. The molecule has 1 aromatic rings. The van der Waals surface area contributed by atoms with E-state index < -0.39 is 6.10 Å². The third-order valence-electron chi connectivity index (χ3n) is 7.32. The van der Waals surface area contributed by atoms with Crippen molar-refractivity contribution in [3.05, 3.63) is 42.0 Å². The van der Waals surface area contributed by atoms with Crippen LogP contribution in [0.5, 0.6) is 5.75 Å². The topological polar surface area (TPSA) is 57.2 Å². The van der Waals surface area contributed by atoms with Crippen LogP contribution in [0.2, 0.25) is 0 Å². The minimum Gasteiger partial charge on any atom is -0.497 e. The summed E-state index contributed by atoms with van der Waals surface area (Å²) in [4.78, 5) is 0. The molecule has 0 aromatic heterocycles. The highest BCUT2D eigenvalue weighted by Gasteiger charge is 2.52. The average Bonchev–Trinajstić information content (AvgIpc) is 3.36. The zero-order valence-electron chi connectivity index (χ0n) is 19.0. The van der Waals surface area contributed by atoms with Gasteiger partial charge in [-0.3, -0.25) is 0 Å². The summed E-state index contributed by atoms with van der Waals surface area (Å²) < 4.78 is 22.2. The Morgan fingerprint density at radius 3 is 2.40 bits per heavy atom. The van der Waals surface area contributed by atoms with Crippen LogP contribution in [-0.4, -0.2) is 51.5 Å². The van der Waals surface area contributed by atoms with E-state index in [2.05, 4.69) is 45.1 Å². The first-order valence-electron chi connectivity index (χ1n) is 11.1. The van der Waals surface area contributed by atoms with Gasteiger partial charge in [0.1, 0.15) is 12.5 Å². The molecule has 0 radical (unpaired) electrons. The van der Waals surface area contributed by atoms with E-state index in [1.165, 1.54) is 6.42 Å². The predicted molar refractivity (Wildman–Crippen MR) is 118 cm³/mol. The van der Waals surface area contributed by atoms with E-state index >= 15 is 0 Å². The van der Waals surface area contributed by atoms with Crippen LogP contribution in [0.25, 0.3) is 0 Å². The number of methoxy groups -OCH3 is 2. The molecule has 0 amide bonds. The number of fused-ring (bicyclic) bond motifs is 2. The third kappa shape index (κ3) is 4.91. The third-order valence-corrected chi connectivity index (χ3v) is 7.32. The van der Waals surface area contributed by atoms with Gasteiger partial charge in [-0.1, -0.05) is 45.1 Å². The van der Waals surface area contributed by atoms with Crippen LogP contribution >= 0.6 is 0 Å². The van der Waals surface area contributed by atoms with Gasteiger partial charge in [-0.05, 0) is 42.4 Å². The molecule has 7 atom stereocenters. The van der Waals surface area contributed by atoms with Crippen LogP contribution < -0.4 is 4.74 Å². The molecule has 0 spiro atoms. The van der Waals surface area contributed by atoms with Crippen molar-refractivity contribution in [3.8, 4) is 5.75 Å². The fraction of sp³-hybridized carbons (Fsp3) is 0.680. The lowest BCUT2D eigenvalue weighted by Gasteiger charge is -2.43. The van der Waals surface area contributed by atoms with Crippen molar-refractivity contribution < 1.29 is 24.1 Å². The summed E-state index contributed by atoms with van der Waals surface area (Å²) in [5.74, 6) is 1.96. The number of rotatable bonds is 12. The SMILES string of the molecule is COCCOCO[C@@H]([C@H](C)[C@@H](O)[C@@]1(C)C[C@@H]2C=C[C@H]1C2)[C@@H](C)c1ccc(OC)cc1. The molecular formula is C25H38O5. The van der Waals surface area contributed by atoms with E-state index in [9.17, 15) is 5.11 Å². The quantitative estimate of drug-likeness (QED) is 0.310. The van der Waals surface area contributed by atoms with E-state index in [4.69, 9.17) is 18.9 Å². The molecular weight excluding hydrogens is 380 g/mol. The van der Waals surface area contributed by atoms with Gasteiger partial charge in [-0.15, -0.1) is 0 Å². The van der Waals surface area contributed by atoms with Crippen LogP contribution in [0.4, 0.5) is 0 Å². The highest BCUT2D eigenvalue weighted by molar-refractivity contribution is 5.30. The fourth-order valence-corrected chi connectivity index (χ4v) is 5.43. The van der Waals surface area contributed by atoms with Crippen molar-refractivity contribution in [2.45, 2.75) is 51.7 Å². The molecule has 168 valence electrons. The lowest BCUT2D eigenvalue weighted by atomic mass is 9.67. The molecule has 1 aromatic carbocycles. The lowest BCUT2D eigenvalue weighted by Crippen LogP contribution is -2.46. The monoisotopic (exact) mass is 418 g/mol. The van der Waals surface area contributed by atoms with Crippen molar-refractivity contribution >= 4 is 0 Å². The summed E-state index contributed by atoms with van der Waals surface area (Å²) in [6, 6.07) is 8.10. The van der Waals surface area contributed by atoms with E-state index in [0.29, 0.717) is 25.0 Å². The largest absolute Gasteiger partial charge is 0.497 e. The molecule has 1 N–H and O–H groups in total. The van der Waals surface area contributed by atoms with Crippen molar-refractivity contribution in [3.63, 3.8) is 0 Å². The number of benzene rings is 1. The highest BCUT2D eigenvalue weighted by Crippen LogP contribution is 2.55. The summed E-state index contributed by atoms with van der Waals surface area (Å²) in [6.07, 6.45) is 6.23. The zero-order chi connectivity index (χ0) is 21.7. The molecule has 1 saturated carbocycles. The maximum absolute atomic E-state index is 11.5. The van der Waals surface area contributed by atoms with Crippen LogP contribution in [0.3, 0.4) is 0 Å². The second kappa shape index (κ2) is 10.3. The maximum Gasteiger partial charge on any atom is 0.147 e. The van der Waals surface area contributed by atoms with Gasteiger partial charge in [0.2, 0.25) is 0 Å². The molecule has 30 heavy (non-hydrogen) atoms. The van der Waals surface area contributed by atoms with E-state index in [0.717, 1.165) is 17.7 Å². The van der Waals surface area contributed by atoms with E-state index in [1.807, 2.05) is 12.1 Å². The Hall–Kier alpha value is -1.40. The fourth-order valence-electron chi connectivity index (χ4n) is 5.43. The Morgan fingerprint density at radius 2 is 1.83 bits per heavy atom. The van der Waals surface area contributed by atoms with Crippen LogP contribution in [0.15, 0.2) is 36.4 Å². The van der Waals surface area contributed by atoms with Crippen LogP contribution in [-0.2, 0) is 14.2 Å². The summed E-state index contributed by atoms with van der Waals surface area (Å²) in [6.45, 7) is 7.73. The summed E-state index contributed by atoms with van der Waals surface area (Å²) in [5, 5.41) is 11.5. The van der Waals surface area contributed by atoms with Gasteiger partial charge >= 0.3 is 0 Å². The molecule has 3 rings (SSSR count). The number of aliphatic hydroxyl groups excluding tert-OH is 1. The van der Waals surface area contributed by atoms with Gasteiger partial charge in [-0.25, -0.2) is 0 Å². The van der Waals surface area contributed by atoms with Gasteiger partial charge in [0, 0.05) is 24.4 Å². The Morgan fingerprint density at radius 1 is 1.10 bits per heavy atom. The smallest absolute Gasteiger partial charge is 0.147 e. The first-order valence-corrected chi connectivity index (χ1v) is 11.1. The predicted octanol–water partition coefficient (Wildman–Crippen LogP) is 4.40. The second-order valence-corrected chi connectivity index (χ2v) is 9.21. The molecule has 0 heterocycles. The molecule has 5 nitrogen and oxygen atoms in total. The Labute approximate surface area is 181 Å². The van der Waals surface area contributed by atoms with E-state index in [-0.39, 0.29) is 30.1 Å². The first-order chi connectivity index (χ1) is 14.4. The molecule has 0 unspecified atom stereocenters. The zero-order valence-corrected chi connectivity index (χ0v) is 19.0. The van der Waals surface area contributed by atoms with Gasteiger partial charge in [0.15, 0.2) is 0 Å². The Kier molecular flexibility index (Phi) is 7.97. The number of aliphatic hydroxyl groups is 1.